The highest BCUT2D eigenvalue weighted by molar-refractivity contribution is 5.46. The van der Waals surface area contributed by atoms with Crippen molar-refractivity contribution < 1.29 is 9.50 Å². The molecule has 1 saturated carbocycles. The van der Waals surface area contributed by atoms with Gasteiger partial charge in [0.05, 0.1) is 12.1 Å². The third-order valence-electron chi connectivity index (χ3n) is 4.10. The fraction of sp³-hybridized carbons (Fsp3) is 0.600. The minimum absolute atomic E-state index is 0.0968. The Balaban J connectivity index is 2.10. The molecule has 2 rings (SSSR count). The van der Waals surface area contributed by atoms with E-state index in [9.17, 15) is 9.50 Å². The summed E-state index contributed by atoms with van der Waals surface area (Å²) in [6.07, 6.45) is 4.01. The maximum Gasteiger partial charge on any atom is 0.125 e. The summed E-state index contributed by atoms with van der Waals surface area (Å²) in [5.74, 6) is -0.246. The Morgan fingerprint density at radius 2 is 1.89 bits per heavy atom. The highest BCUT2D eigenvalue weighted by Crippen LogP contribution is 2.41. The summed E-state index contributed by atoms with van der Waals surface area (Å²) >= 11 is 0. The van der Waals surface area contributed by atoms with Gasteiger partial charge in [0, 0.05) is 5.69 Å². The van der Waals surface area contributed by atoms with Gasteiger partial charge in [-0.3, -0.25) is 0 Å². The normalized spacial score (nSPS) is 21.6. The zero-order valence-electron chi connectivity index (χ0n) is 11.2. The van der Waals surface area contributed by atoms with Gasteiger partial charge >= 0.3 is 0 Å². The number of aliphatic hydroxyl groups is 1. The van der Waals surface area contributed by atoms with Crippen molar-refractivity contribution in [1.29, 1.82) is 0 Å². The standard InChI is InChI=1S/C15H22FNO/c1-14(2)6-8-15(11-18,9-7-14)17-13-5-3-4-12(16)10-13/h3-5,10,17-18H,6-9,11H2,1-2H3. The Morgan fingerprint density at radius 3 is 2.44 bits per heavy atom. The zero-order valence-corrected chi connectivity index (χ0v) is 11.2. The van der Waals surface area contributed by atoms with Crippen LogP contribution in [0.5, 0.6) is 0 Å². The van der Waals surface area contributed by atoms with Gasteiger partial charge in [-0.15, -0.1) is 0 Å². The Kier molecular flexibility index (Phi) is 3.62. The van der Waals surface area contributed by atoms with Crippen molar-refractivity contribution in [2.75, 3.05) is 11.9 Å². The van der Waals surface area contributed by atoms with Crippen LogP contribution in [0.2, 0.25) is 0 Å². The molecule has 0 spiro atoms. The van der Waals surface area contributed by atoms with E-state index in [1.165, 1.54) is 12.1 Å². The molecule has 1 aromatic rings. The topological polar surface area (TPSA) is 32.3 Å². The molecule has 0 aliphatic heterocycles. The van der Waals surface area contributed by atoms with Crippen LogP contribution in [0.4, 0.5) is 10.1 Å². The zero-order chi connectivity index (χ0) is 13.2. The van der Waals surface area contributed by atoms with Crippen molar-refractivity contribution in [3.63, 3.8) is 0 Å². The molecule has 1 aliphatic carbocycles. The van der Waals surface area contributed by atoms with E-state index < -0.39 is 0 Å². The first-order valence-corrected chi connectivity index (χ1v) is 6.59. The molecule has 1 aliphatic rings. The van der Waals surface area contributed by atoms with Crippen LogP contribution in [0.1, 0.15) is 39.5 Å². The molecule has 0 heterocycles. The molecule has 1 aromatic carbocycles. The number of nitrogens with one attached hydrogen (secondary N) is 1. The van der Waals surface area contributed by atoms with Crippen molar-refractivity contribution in [2.45, 2.75) is 45.1 Å². The smallest absolute Gasteiger partial charge is 0.125 e. The first-order chi connectivity index (χ1) is 8.45. The van der Waals surface area contributed by atoms with Crippen LogP contribution in [0.15, 0.2) is 24.3 Å². The van der Waals surface area contributed by atoms with Crippen LogP contribution in [-0.2, 0) is 0 Å². The lowest BCUT2D eigenvalue weighted by Crippen LogP contribution is -2.46. The highest BCUT2D eigenvalue weighted by atomic mass is 19.1. The maximum atomic E-state index is 13.2. The third kappa shape index (κ3) is 3.02. The van der Waals surface area contributed by atoms with Gasteiger partial charge in [0.2, 0.25) is 0 Å². The summed E-state index contributed by atoms with van der Waals surface area (Å²) < 4.78 is 13.2. The molecule has 0 aromatic heterocycles. The fourth-order valence-corrected chi connectivity index (χ4v) is 2.60. The third-order valence-corrected chi connectivity index (χ3v) is 4.10. The van der Waals surface area contributed by atoms with Crippen LogP contribution >= 0.6 is 0 Å². The summed E-state index contributed by atoms with van der Waals surface area (Å²) in [5.41, 5.74) is 0.815. The lowest BCUT2D eigenvalue weighted by molar-refractivity contribution is 0.118. The first kappa shape index (κ1) is 13.3. The van der Waals surface area contributed by atoms with Crippen LogP contribution in [0.3, 0.4) is 0 Å². The number of rotatable bonds is 3. The van der Waals surface area contributed by atoms with Gasteiger partial charge in [-0.1, -0.05) is 19.9 Å². The lowest BCUT2D eigenvalue weighted by atomic mass is 9.69. The molecule has 3 heteroatoms. The van der Waals surface area contributed by atoms with E-state index in [0.29, 0.717) is 5.41 Å². The average molecular weight is 251 g/mol. The number of anilines is 1. The number of hydrogen-bond donors (Lipinski definition) is 2. The molecule has 1 fully saturated rings. The van der Waals surface area contributed by atoms with Crippen molar-refractivity contribution in [2.24, 2.45) is 5.41 Å². The van der Waals surface area contributed by atoms with Gasteiger partial charge in [0.15, 0.2) is 0 Å². The first-order valence-electron chi connectivity index (χ1n) is 6.59. The SMILES string of the molecule is CC1(C)CCC(CO)(Nc2cccc(F)c2)CC1. The Bertz CT molecular complexity index is 407. The number of aliphatic hydroxyl groups excluding tert-OH is 1. The van der Waals surface area contributed by atoms with Crippen LogP contribution in [0, 0.1) is 11.2 Å². The van der Waals surface area contributed by atoms with E-state index in [4.69, 9.17) is 0 Å². The van der Waals surface area contributed by atoms with Gasteiger partial charge in [-0.25, -0.2) is 4.39 Å². The molecule has 0 radical (unpaired) electrons. The van der Waals surface area contributed by atoms with Gasteiger partial charge in [-0.05, 0) is 49.3 Å². The monoisotopic (exact) mass is 251 g/mol. The Morgan fingerprint density at radius 1 is 1.22 bits per heavy atom. The predicted octanol–water partition coefficient (Wildman–Crippen LogP) is 3.57. The second kappa shape index (κ2) is 4.88. The molecule has 2 nitrogen and oxygen atoms in total. The molecule has 0 amide bonds. The van der Waals surface area contributed by atoms with Crippen molar-refractivity contribution >= 4 is 5.69 Å². The summed E-state index contributed by atoms with van der Waals surface area (Å²) in [4.78, 5) is 0. The number of hydrogen-bond acceptors (Lipinski definition) is 2. The number of benzene rings is 1. The molecule has 0 atom stereocenters. The van der Waals surface area contributed by atoms with E-state index in [-0.39, 0.29) is 18.0 Å². The van der Waals surface area contributed by atoms with Gasteiger partial charge < -0.3 is 10.4 Å². The quantitative estimate of drug-likeness (QED) is 0.860. The summed E-state index contributed by atoms with van der Waals surface area (Å²) in [6.45, 7) is 4.62. The van der Waals surface area contributed by atoms with E-state index in [1.54, 1.807) is 6.07 Å². The molecular formula is C15H22FNO. The molecule has 2 N–H and O–H groups in total. The molecular weight excluding hydrogens is 229 g/mol. The Labute approximate surface area is 108 Å². The molecule has 0 unspecified atom stereocenters. The summed E-state index contributed by atoms with van der Waals surface area (Å²) in [7, 11) is 0. The van der Waals surface area contributed by atoms with Gasteiger partial charge in [0.1, 0.15) is 5.82 Å². The number of halogens is 1. The molecule has 0 bridgehead atoms. The molecule has 0 saturated heterocycles. The summed E-state index contributed by atoms with van der Waals surface area (Å²) in [5, 5.41) is 13.0. The van der Waals surface area contributed by atoms with Gasteiger partial charge in [0.25, 0.3) is 0 Å². The minimum atomic E-state index is -0.288. The Hall–Kier alpha value is -1.09. The minimum Gasteiger partial charge on any atom is -0.394 e. The molecule has 18 heavy (non-hydrogen) atoms. The fourth-order valence-electron chi connectivity index (χ4n) is 2.60. The van der Waals surface area contributed by atoms with Crippen molar-refractivity contribution in [3.8, 4) is 0 Å². The van der Waals surface area contributed by atoms with E-state index in [0.717, 1.165) is 31.4 Å². The molecule has 100 valence electrons. The maximum absolute atomic E-state index is 13.2. The van der Waals surface area contributed by atoms with Crippen LogP contribution in [0.25, 0.3) is 0 Å². The van der Waals surface area contributed by atoms with Crippen LogP contribution in [-0.4, -0.2) is 17.3 Å². The van der Waals surface area contributed by atoms with E-state index in [1.807, 2.05) is 6.07 Å². The summed E-state index contributed by atoms with van der Waals surface area (Å²) in [6, 6.07) is 6.45. The highest BCUT2D eigenvalue weighted by Gasteiger charge is 2.37. The van der Waals surface area contributed by atoms with E-state index in [2.05, 4.69) is 19.2 Å². The van der Waals surface area contributed by atoms with Crippen molar-refractivity contribution in [3.05, 3.63) is 30.1 Å². The largest absolute Gasteiger partial charge is 0.394 e. The van der Waals surface area contributed by atoms with Gasteiger partial charge in [-0.2, -0.15) is 0 Å². The van der Waals surface area contributed by atoms with E-state index >= 15 is 0 Å². The van der Waals surface area contributed by atoms with Crippen LogP contribution < -0.4 is 5.32 Å². The second-order valence-corrected chi connectivity index (χ2v) is 6.24. The average Bonchev–Trinajstić information content (AvgIpc) is 2.33. The van der Waals surface area contributed by atoms with Crippen molar-refractivity contribution in [1.82, 2.24) is 0 Å². The second-order valence-electron chi connectivity index (χ2n) is 6.24. The predicted molar refractivity (Wildman–Crippen MR) is 72.1 cm³/mol. The lowest BCUT2D eigenvalue weighted by Gasteiger charge is -2.43.